The Kier molecular flexibility index (Phi) is 3.57. The van der Waals surface area contributed by atoms with Gasteiger partial charge in [-0.25, -0.2) is 4.98 Å². The number of pyridine rings is 1. The van der Waals surface area contributed by atoms with Crippen LogP contribution in [0, 0.1) is 6.92 Å². The number of hydrogen-bond donors (Lipinski definition) is 1. The molecule has 1 aliphatic heterocycles. The second-order valence-corrected chi connectivity index (χ2v) is 4.68. The van der Waals surface area contributed by atoms with Gasteiger partial charge in [0.15, 0.2) is 0 Å². The second kappa shape index (κ2) is 5.01. The number of aromatic nitrogens is 1. The van der Waals surface area contributed by atoms with Crippen molar-refractivity contribution in [2.45, 2.75) is 27.2 Å². The van der Waals surface area contributed by atoms with E-state index >= 15 is 0 Å². The molecule has 19 heavy (non-hydrogen) atoms. The van der Waals surface area contributed by atoms with Gasteiger partial charge in [0.2, 0.25) is 0 Å². The van der Waals surface area contributed by atoms with E-state index in [1.54, 1.807) is 19.1 Å². The van der Waals surface area contributed by atoms with E-state index in [9.17, 15) is 9.59 Å². The number of hydrogen-bond acceptors (Lipinski definition) is 4. The highest BCUT2D eigenvalue weighted by atomic mass is 35.5. The number of halogens is 1. The Morgan fingerprint density at radius 1 is 1.26 bits per heavy atom. The zero-order valence-corrected chi connectivity index (χ0v) is 11.7. The van der Waals surface area contributed by atoms with Crippen molar-refractivity contribution in [1.29, 1.82) is 0 Å². The van der Waals surface area contributed by atoms with Crippen molar-refractivity contribution in [3.63, 3.8) is 0 Å². The summed E-state index contributed by atoms with van der Waals surface area (Å²) in [6.45, 7) is 5.32. The number of hydrazine groups is 1. The van der Waals surface area contributed by atoms with Crippen LogP contribution in [-0.2, 0) is 9.59 Å². The third-order valence-electron chi connectivity index (χ3n) is 3.05. The van der Waals surface area contributed by atoms with Gasteiger partial charge in [0.1, 0.15) is 11.0 Å². The number of rotatable bonds is 3. The normalized spacial score (nSPS) is 15.5. The van der Waals surface area contributed by atoms with Crippen LogP contribution in [0.1, 0.15) is 25.8 Å². The van der Waals surface area contributed by atoms with E-state index < -0.39 is 0 Å². The van der Waals surface area contributed by atoms with E-state index in [2.05, 4.69) is 10.4 Å². The first-order valence-corrected chi connectivity index (χ1v) is 6.31. The van der Waals surface area contributed by atoms with Crippen LogP contribution in [0.25, 0.3) is 0 Å². The Labute approximate surface area is 116 Å². The van der Waals surface area contributed by atoms with Crippen molar-refractivity contribution in [2.75, 3.05) is 5.43 Å². The molecule has 0 fully saturated rings. The summed E-state index contributed by atoms with van der Waals surface area (Å²) in [7, 11) is 0. The van der Waals surface area contributed by atoms with E-state index in [-0.39, 0.29) is 11.8 Å². The highest BCUT2D eigenvalue weighted by Crippen LogP contribution is 2.24. The van der Waals surface area contributed by atoms with Gasteiger partial charge < -0.3 is 0 Å². The minimum Gasteiger partial charge on any atom is -0.271 e. The van der Waals surface area contributed by atoms with Gasteiger partial charge in [-0.1, -0.05) is 24.6 Å². The minimum absolute atomic E-state index is 0.330. The predicted octanol–water partition coefficient (Wildman–Crippen LogP) is 2.47. The van der Waals surface area contributed by atoms with E-state index in [1.807, 2.05) is 13.8 Å². The molecule has 1 aromatic heterocycles. The molecule has 1 aliphatic rings. The van der Waals surface area contributed by atoms with Crippen LogP contribution in [-0.4, -0.2) is 21.8 Å². The van der Waals surface area contributed by atoms with Gasteiger partial charge >= 0.3 is 0 Å². The lowest BCUT2D eigenvalue weighted by atomic mass is 10.1. The van der Waals surface area contributed by atoms with Crippen LogP contribution in [0.2, 0.25) is 5.15 Å². The van der Waals surface area contributed by atoms with Gasteiger partial charge in [0, 0.05) is 11.1 Å². The molecule has 0 spiro atoms. The molecule has 0 saturated heterocycles. The molecule has 0 saturated carbocycles. The first-order chi connectivity index (χ1) is 8.95. The lowest BCUT2D eigenvalue weighted by molar-refractivity contribution is -0.136. The lowest BCUT2D eigenvalue weighted by Gasteiger charge is -2.17. The maximum atomic E-state index is 12.0. The minimum atomic E-state index is -0.347. The molecule has 2 rings (SSSR count). The largest absolute Gasteiger partial charge is 0.276 e. The van der Waals surface area contributed by atoms with E-state index in [0.717, 1.165) is 10.6 Å². The highest BCUT2D eigenvalue weighted by molar-refractivity contribution is 6.30. The molecule has 2 heterocycles. The number of carbonyl (C=O) groups is 2. The van der Waals surface area contributed by atoms with Crippen LogP contribution in [0.4, 0.5) is 5.82 Å². The van der Waals surface area contributed by atoms with Gasteiger partial charge in [0.05, 0.1) is 0 Å². The van der Waals surface area contributed by atoms with Crippen LogP contribution < -0.4 is 5.43 Å². The zero-order valence-electron chi connectivity index (χ0n) is 11.0. The van der Waals surface area contributed by atoms with Crippen molar-refractivity contribution in [3.05, 3.63) is 34.0 Å². The van der Waals surface area contributed by atoms with Crippen LogP contribution in [0.3, 0.4) is 0 Å². The van der Waals surface area contributed by atoms with Crippen molar-refractivity contribution in [2.24, 2.45) is 0 Å². The van der Waals surface area contributed by atoms with Crippen LogP contribution in [0.5, 0.6) is 0 Å². The molecule has 0 aromatic carbocycles. The van der Waals surface area contributed by atoms with Crippen molar-refractivity contribution in [1.82, 2.24) is 9.99 Å². The summed E-state index contributed by atoms with van der Waals surface area (Å²) in [5, 5.41) is 1.31. The number of anilines is 1. The Balaban J connectivity index is 2.24. The predicted molar refractivity (Wildman–Crippen MR) is 72.5 cm³/mol. The fourth-order valence-electron chi connectivity index (χ4n) is 1.88. The Morgan fingerprint density at radius 3 is 2.47 bits per heavy atom. The number of nitrogens with one attached hydrogen (secondary N) is 1. The molecule has 5 nitrogen and oxygen atoms in total. The first kappa shape index (κ1) is 13.5. The second-order valence-electron chi connectivity index (χ2n) is 4.32. The maximum Gasteiger partial charge on any atom is 0.276 e. The quantitative estimate of drug-likeness (QED) is 0.682. The van der Waals surface area contributed by atoms with Crippen molar-refractivity contribution < 1.29 is 9.59 Å². The molecular formula is C13H14ClN3O2. The summed E-state index contributed by atoms with van der Waals surface area (Å²) in [6, 6.07) is 3.44. The average Bonchev–Trinajstić information content (AvgIpc) is 2.58. The summed E-state index contributed by atoms with van der Waals surface area (Å²) >= 11 is 5.91. The molecule has 0 radical (unpaired) electrons. The Hall–Kier alpha value is -1.88. The summed E-state index contributed by atoms with van der Waals surface area (Å²) < 4.78 is 0. The van der Waals surface area contributed by atoms with Gasteiger partial charge in [-0.05, 0) is 31.9 Å². The summed E-state index contributed by atoms with van der Waals surface area (Å²) in [6.07, 6.45) is 0.524. The van der Waals surface area contributed by atoms with Gasteiger partial charge in [-0.3, -0.25) is 15.0 Å². The molecular weight excluding hydrogens is 266 g/mol. The molecule has 1 N–H and O–H groups in total. The SMILES string of the molecule is CCC1=C(C)C(=O)N(Nc2ccc(C)c(Cl)n2)C1=O. The lowest BCUT2D eigenvalue weighted by Crippen LogP contribution is -2.37. The Morgan fingerprint density at radius 2 is 1.95 bits per heavy atom. The number of nitrogens with zero attached hydrogens (tertiary/aromatic N) is 2. The summed E-state index contributed by atoms with van der Waals surface area (Å²) in [5.41, 5.74) is 4.52. The van der Waals surface area contributed by atoms with E-state index in [0.29, 0.717) is 28.5 Å². The third-order valence-corrected chi connectivity index (χ3v) is 3.44. The number of aryl methyl sites for hydroxylation is 1. The number of amides is 2. The van der Waals surface area contributed by atoms with Gasteiger partial charge in [-0.2, -0.15) is 5.01 Å². The molecule has 0 bridgehead atoms. The standard InChI is InChI=1S/C13H14ClN3O2/c1-4-9-8(3)12(18)17(13(9)19)16-10-6-5-7(2)11(14)15-10/h5-6H,4H2,1-3H3,(H,15,16). The molecule has 1 aromatic rings. The van der Waals surface area contributed by atoms with E-state index in [4.69, 9.17) is 11.6 Å². The molecule has 0 aliphatic carbocycles. The monoisotopic (exact) mass is 279 g/mol. The number of carbonyl (C=O) groups excluding carboxylic acids is 2. The average molecular weight is 280 g/mol. The Bertz CT molecular complexity index is 596. The fourth-order valence-corrected chi connectivity index (χ4v) is 2.04. The van der Waals surface area contributed by atoms with Gasteiger partial charge in [0.25, 0.3) is 11.8 Å². The van der Waals surface area contributed by atoms with Crippen molar-refractivity contribution in [3.8, 4) is 0 Å². The molecule has 0 unspecified atom stereocenters. The topological polar surface area (TPSA) is 62.3 Å². The first-order valence-electron chi connectivity index (χ1n) is 5.94. The summed E-state index contributed by atoms with van der Waals surface area (Å²) in [4.78, 5) is 28.1. The zero-order chi connectivity index (χ0) is 14.2. The fraction of sp³-hybridized carbons (Fsp3) is 0.308. The molecule has 100 valence electrons. The van der Waals surface area contributed by atoms with E-state index in [1.165, 1.54) is 0 Å². The molecule has 2 amide bonds. The number of imide groups is 1. The molecule has 6 heteroatoms. The maximum absolute atomic E-state index is 12.0. The van der Waals surface area contributed by atoms with Crippen molar-refractivity contribution >= 4 is 29.2 Å². The van der Waals surface area contributed by atoms with Gasteiger partial charge in [-0.15, -0.1) is 0 Å². The van der Waals surface area contributed by atoms with Crippen LogP contribution >= 0.6 is 11.6 Å². The third kappa shape index (κ3) is 2.33. The molecule has 0 atom stereocenters. The summed E-state index contributed by atoms with van der Waals surface area (Å²) in [5.74, 6) is -0.314. The van der Waals surface area contributed by atoms with Crippen LogP contribution in [0.15, 0.2) is 23.3 Å². The smallest absolute Gasteiger partial charge is 0.271 e. The highest BCUT2D eigenvalue weighted by Gasteiger charge is 2.35.